The van der Waals surface area contributed by atoms with Crippen LogP contribution in [0.2, 0.25) is 0 Å². The van der Waals surface area contributed by atoms with Crippen molar-refractivity contribution in [1.29, 1.82) is 0 Å². The molecule has 0 spiro atoms. The summed E-state index contributed by atoms with van der Waals surface area (Å²) in [7, 11) is 0. The SMILES string of the molecule is Cc1ccc(NC(=O)CSCC(=O)Nc2ccc(OCCN)cc2)cc1. The lowest BCUT2D eigenvalue weighted by atomic mass is 10.2. The summed E-state index contributed by atoms with van der Waals surface area (Å²) in [6, 6.07) is 14.6. The fourth-order valence-electron chi connectivity index (χ4n) is 2.08. The van der Waals surface area contributed by atoms with Gasteiger partial charge in [-0.1, -0.05) is 17.7 Å². The molecular weight excluding hydrogens is 350 g/mol. The number of carbonyl (C=O) groups excluding carboxylic acids is 2. The summed E-state index contributed by atoms with van der Waals surface area (Å²) in [5.74, 6) is 0.831. The summed E-state index contributed by atoms with van der Waals surface area (Å²) in [4.78, 5) is 23.8. The van der Waals surface area contributed by atoms with Crippen molar-refractivity contribution in [2.24, 2.45) is 5.73 Å². The van der Waals surface area contributed by atoms with Gasteiger partial charge in [0.15, 0.2) is 0 Å². The second-order valence-electron chi connectivity index (χ2n) is 5.62. The summed E-state index contributed by atoms with van der Waals surface area (Å²) in [5, 5.41) is 5.58. The van der Waals surface area contributed by atoms with Crippen LogP contribution >= 0.6 is 11.8 Å². The van der Waals surface area contributed by atoms with Crippen molar-refractivity contribution in [3.8, 4) is 5.75 Å². The molecule has 0 bridgehead atoms. The van der Waals surface area contributed by atoms with Crippen LogP contribution in [0, 0.1) is 6.92 Å². The molecule has 0 saturated heterocycles. The van der Waals surface area contributed by atoms with Crippen LogP contribution in [-0.2, 0) is 9.59 Å². The second-order valence-corrected chi connectivity index (χ2v) is 6.60. The molecule has 0 saturated carbocycles. The van der Waals surface area contributed by atoms with Gasteiger partial charge in [0.05, 0.1) is 11.5 Å². The fourth-order valence-corrected chi connectivity index (χ4v) is 2.70. The maximum atomic E-state index is 11.9. The Hall–Kier alpha value is -2.51. The van der Waals surface area contributed by atoms with Crippen LogP contribution in [0.15, 0.2) is 48.5 Å². The maximum Gasteiger partial charge on any atom is 0.234 e. The van der Waals surface area contributed by atoms with E-state index in [0.717, 1.165) is 11.3 Å². The van der Waals surface area contributed by atoms with Crippen molar-refractivity contribution >= 4 is 35.0 Å². The number of nitrogens with two attached hydrogens (primary N) is 1. The van der Waals surface area contributed by atoms with Gasteiger partial charge in [-0.25, -0.2) is 0 Å². The number of thioether (sulfide) groups is 1. The van der Waals surface area contributed by atoms with Crippen LogP contribution in [-0.4, -0.2) is 36.5 Å². The number of anilines is 2. The first-order chi connectivity index (χ1) is 12.6. The molecular formula is C19H23N3O3S. The standard InChI is InChI=1S/C19H23N3O3S/c1-14-2-4-15(5-3-14)21-18(23)12-26-13-19(24)22-16-6-8-17(9-7-16)25-11-10-20/h2-9H,10-13,20H2,1H3,(H,21,23)(H,22,24). The number of rotatable bonds is 9. The molecule has 2 aromatic rings. The van der Waals surface area contributed by atoms with E-state index >= 15 is 0 Å². The van der Waals surface area contributed by atoms with Crippen molar-refractivity contribution in [2.75, 3.05) is 35.3 Å². The van der Waals surface area contributed by atoms with Gasteiger partial charge in [0.25, 0.3) is 0 Å². The molecule has 0 aliphatic rings. The van der Waals surface area contributed by atoms with Crippen LogP contribution in [0.4, 0.5) is 11.4 Å². The Balaban J connectivity index is 1.68. The maximum absolute atomic E-state index is 11.9. The Morgan fingerprint density at radius 2 is 1.42 bits per heavy atom. The van der Waals surface area contributed by atoms with Gasteiger partial charge >= 0.3 is 0 Å². The molecule has 2 amide bonds. The molecule has 0 fully saturated rings. The highest BCUT2D eigenvalue weighted by atomic mass is 32.2. The molecule has 0 heterocycles. The molecule has 0 unspecified atom stereocenters. The molecule has 0 aliphatic carbocycles. The number of carbonyl (C=O) groups is 2. The summed E-state index contributed by atoms with van der Waals surface area (Å²) >= 11 is 1.26. The van der Waals surface area contributed by atoms with Crippen molar-refractivity contribution in [3.05, 3.63) is 54.1 Å². The first-order valence-corrected chi connectivity index (χ1v) is 9.39. The molecule has 4 N–H and O–H groups in total. The third-order valence-electron chi connectivity index (χ3n) is 3.33. The minimum atomic E-state index is -0.159. The molecule has 2 rings (SSSR count). The van der Waals surface area contributed by atoms with Crippen LogP contribution in [0.1, 0.15) is 5.56 Å². The zero-order chi connectivity index (χ0) is 18.8. The molecule has 0 radical (unpaired) electrons. The Bertz CT molecular complexity index is 718. The van der Waals surface area contributed by atoms with Crippen LogP contribution in [0.3, 0.4) is 0 Å². The number of hydrogen-bond donors (Lipinski definition) is 3. The predicted molar refractivity (Wildman–Crippen MR) is 107 cm³/mol. The molecule has 138 valence electrons. The quantitative estimate of drug-likeness (QED) is 0.628. The number of ether oxygens (including phenoxy) is 1. The van der Waals surface area contributed by atoms with Gasteiger partial charge in [-0.3, -0.25) is 9.59 Å². The second kappa shape index (κ2) is 10.5. The van der Waals surface area contributed by atoms with Crippen LogP contribution in [0.25, 0.3) is 0 Å². The van der Waals surface area contributed by atoms with Gasteiger partial charge in [0.2, 0.25) is 11.8 Å². The Morgan fingerprint density at radius 1 is 0.923 bits per heavy atom. The molecule has 0 aromatic heterocycles. The highest BCUT2D eigenvalue weighted by Crippen LogP contribution is 2.16. The lowest BCUT2D eigenvalue weighted by molar-refractivity contribution is -0.114. The van der Waals surface area contributed by atoms with Crippen LogP contribution < -0.4 is 21.1 Å². The average Bonchev–Trinajstić information content (AvgIpc) is 2.63. The lowest BCUT2D eigenvalue weighted by Gasteiger charge is -2.08. The Labute approximate surface area is 157 Å². The summed E-state index contributed by atoms with van der Waals surface area (Å²) in [6.07, 6.45) is 0. The number of benzene rings is 2. The van der Waals surface area contributed by atoms with E-state index in [1.807, 2.05) is 31.2 Å². The largest absolute Gasteiger partial charge is 0.492 e. The molecule has 0 atom stereocenters. The molecule has 7 heteroatoms. The van der Waals surface area contributed by atoms with E-state index in [0.29, 0.717) is 24.6 Å². The number of amides is 2. The number of nitrogens with one attached hydrogen (secondary N) is 2. The van der Waals surface area contributed by atoms with Gasteiger partial charge in [0.1, 0.15) is 12.4 Å². The van der Waals surface area contributed by atoms with E-state index in [-0.39, 0.29) is 23.3 Å². The summed E-state index contributed by atoms with van der Waals surface area (Å²) in [5.41, 5.74) is 7.94. The van der Waals surface area contributed by atoms with Gasteiger partial charge < -0.3 is 21.1 Å². The Morgan fingerprint density at radius 3 is 1.92 bits per heavy atom. The normalized spacial score (nSPS) is 10.2. The van der Waals surface area contributed by atoms with Crippen LogP contribution in [0.5, 0.6) is 5.75 Å². The monoisotopic (exact) mass is 373 g/mol. The van der Waals surface area contributed by atoms with Crippen molar-refractivity contribution < 1.29 is 14.3 Å². The third-order valence-corrected chi connectivity index (χ3v) is 4.26. The smallest absolute Gasteiger partial charge is 0.234 e. The highest BCUT2D eigenvalue weighted by molar-refractivity contribution is 8.00. The van der Waals surface area contributed by atoms with Gasteiger partial charge in [0, 0.05) is 17.9 Å². The van der Waals surface area contributed by atoms with Gasteiger partial charge in [-0.15, -0.1) is 11.8 Å². The van der Waals surface area contributed by atoms with Crippen molar-refractivity contribution in [2.45, 2.75) is 6.92 Å². The first-order valence-electron chi connectivity index (χ1n) is 8.24. The third kappa shape index (κ3) is 7.16. The minimum Gasteiger partial charge on any atom is -0.492 e. The van der Waals surface area contributed by atoms with Crippen molar-refractivity contribution in [1.82, 2.24) is 0 Å². The van der Waals surface area contributed by atoms with Gasteiger partial charge in [-0.05, 0) is 43.3 Å². The highest BCUT2D eigenvalue weighted by Gasteiger charge is 2.07. The summed E-state index contributed by atoms with van der Waals surface area (Å²) < 4.78 is 5.38. The molecule has 0 aliphatic heterocycles. The van der Waals surface area contributed by atoms with E-state index in [2.05, 4.69) is 10.6 Å². The number of hydrogen-bond acceptors (Lipinski definition) is 5. The Kier molecular flexibility index (Phi) is 7.98. The van der Waals surface area contributed by atoms with Crippen molar-refractivity contribution in [3.63, 3.8) is 0 Å². The fraction of sp³-hybridized carbons (Fsp3) is 0.263. The minimum absolute atomic E-state index is 0.131. The van der Waals surface area contributed by atoms with Gasteiger partial charge in [-0.2, -0.15) is 0 Å². The van der Waals surface area contributed by atoms with E-state index in [9.17, 15) is 9.59 Å². The van der Waals surface area contributed by atoms with E-state index in [1.165, 1.54) is 11.8 Å². The number of aryl methyl sites for hydroxylation is 1. The molecule has 6 nitrogen and oxygen atoms in total. The zero-order valence-electron chi connectivity index (χ0n) is 14.7. The zero-order valence-corrected chi connectivity index (χ0v) is 15.5. The topological polar surface area (TPSA) is 93.5 Å². The predicted octanol–water partition coefficient (Wildman–Crippen LogP) is 2.64. The lowest BCUT2D eigenvalue weighted by Crippen LogP contribution is -2.18. The molecule has 26 heavy (non-hydrogen) atoms. The average molecular weight is 373 g/mol. The first kappa shape index (κ1) is 19.8. The van der Waals surface area contributed by atoms with E-state index in [4.69, 9.17) is 10.5 Å². The van der Waals surface area contributed by atoms with E-state index < -0.39 is 0 Å². The molecule has 2 aromatic carbocycles. The summed E-state index contributed by atoms with van der Waals surface area (Å²) in [6.45, 7) is 2.89. The van der Waals surface area contributed by atoms with E-state index in [1.54, 1.807) is 24.3 Å².